The quantitative estimate of drug-likeness (QED) is 0.655. The molecule has 0 aromatic rings. The first-order chi connectivity index (χ1) is 10.6. The lowest BCUT2D eigenvalue weighted by Crippen LogP contribution is -2.48. The summed E-state index contributed by atoms with van der Waals surface area (Å²) >= 11 is 0. The first-order valence-corrected chi connectivity index (χ1v) is 8.63. The first kappa shape index (κ1) is 17.2. The molecule has 1 saturated heterocycles. The molecule has 0 aromatic carbocycles. The van der Waals surface area contributed by atoms with Crippen molar-refractivity contribution in [3.8, 4) is 0 Å². The molecule has 0 bridgehead atoms. The van der Waals surface area contributed by atoms with Crippen molar-refractivity contribution in [3.63, 3.8) is 0 Å². The summed E-state index contributed by atoms with van der Waals surface area (Å²) in [6, 6.07) is 0.443. The Morgan fingerprint density at radius 3 is 2.50 bits per heavy atom. The minimum Gasteiger partial charge on any atom is -0.355 e. The van der Waals surface area contributed by atoms with Gasteiger partial charge >= 0.3 is 0 Å². The van der Waals surface area contributed by atoms with Gasteiger partial charge in [-0.1, -0.05) is 6.92 Å². The molecule has 0 spiro atoms. The molecular weight excluding hydrogens is 280 g/mol. The standard InChI is InChI=1S/C16H30N4O2/c1-2-7-18-15(21)11-20-8-5-14(6-9-20)19-16(22)12-3-4-13(17)10-12/h12-14H,2-11,17H2,1H3,(H,18,21)(H,19,22). The lowest BCUT2D eigenvalue weighted by Gasteiger charge is -2.32. The number of carbonyl (C=O) groups excluding carboxylic acids is 2. The maximum Gasteiger partial charge on any atom is 0.234 e. The molecule has 1 aliphatic carbocycles. The summed E-state index contributed by atoms with van der Waals surface area (Å²) in [5, 5.41) is 6.07. The second-order valence-electron chi connectivity index (χ2n) is 6.68. The fourth-order valence-electron chi connectivity index (χ4n) is 3.33. The number of carbonyl (C=O) groups is 2. The van der Waals surface area contributed by atoms with Crippen LogP contribution in [-0.2, 0) is 9.59 Å². The Morgan fingerprint density at radius 1 is 1.18 bits per heavy atom. The van der Waals surface area contributed by atoms with E-state index in [1.807, 2.05) is 6.92 Å². The molecule has 4 N–H and O–H groups in total. The fourth-order valence-corrected chi connectivity index (χ4v) is 3.33. The third-order valence-corrected chi connectivity index (χ3v) is 4.72. The SMILES string of the molecule is CCCNC(=O)CN1CCC(NC(=O)C2CCC(N)C2)CC1. The maximum absolute atomic E-state index is 12.2. The van der Waals surface area contributed by atoms with E-state index in [0.29, 0.717) is 6.54 Å². The van der Waals surface area contributed by atoms with Crippen LogP contribution in [0.4, 0.5) is 0 Å². The molecule has 6 nitrogen and oxygen atoms in total. The monoisotopic (exact) mass is 310 g/mol. The largest absolute Gasteiger partial charge is 0.355 e. The Bertz CT molecular complexity index is 380. The van der Waals surface area contributed by atoms with Gasteiger partial charge in [-0.05, 0) is 38.5 Å². The predicted octanol–water partition coefficient (Wildman–Crippen LogP) is 0.221. The van der Waals surface area contributed by atoms with Crippen molar-refractivity contribution in [2.45, 2.75) is 57.5 Å². The highest BCUT2D eigenvalue weighted by atomic mass is 16.2. The van der Waals surface area contributed by atoms with Gasteiger partial charge in [0.15, 0.2) is 0 Å². The van der Waals surface area contributed by atoms with Gasteiger partial charge in [0.1, 0.15) is 0 Å². The molecule has 2 amide bonds. The van der Waals surface area contributed by atoms with Crippen molar-refractivity contribution in [2.75, 3.05) is 26.2 Å². The molecule has 2 aliphatic rings. The number of rotatable bonds is 6. The van der Waals surface area contributed by atoms with Crippen LogP contribution in [0.5, 0.6) is 0 Å². The third kappa shape index (κ3) is 5.25. The molecule has 1 aliphatic heterocycles. The molecule has 1 heterocycles. The van der Waals surface area contributed by atoms with Crippen molar-refractivity contribution >= 4 is 11.8 Å². The zero-order chi connectivity index (χ0) is 15.9. The van der Waals surface area contributed by atoms with E-state index in [1.165, 1.54) is 0 Å². The van der Waals surface area contributed by atoms with Crippen LogP contribution in [0.3, 0.4) is 0 Å². The second-order valence-corrected chi connectivity index (χ2v) is 6.68. The Labute approximate surface area is 133 Å². The van der Waals surface area contributed by atoms with Crippen molar-refractivity contribution in [1.29, 1.82) is 0 Å². The van der Waals surface area contributed by atoms with E-state index in [-0.39, 0.29) is 29.8 Å². The van der Waals surface area contributed by atoms with Gasteiger partial charge < -0.3 is 16.4 Å². The van der Waals surface area contributed by atoms with Crippen molar-refractivity contribution in [1.82, 2.24) is 15.5 Å². The number of piperidine rings is 1. The summed E-state index contributed by atoms with van der Waals surface area (Å²) in [5.74, 6) is 0.379. The molecule has 126 valence electrons. The summed E-state index contributed by atoms with van der Waals surface area (Å²) < 4.78 is 0. The molecule has 22 heavy (non-hydrogen) atoms. The minimum atomic E-state index is 0.101. The average Bonchev–Trinajstić information content (AvgIpc) is 2.94. The normalized spacial score (nSPS) is 26.8. The van der Waals surface area contributed by atoms with Crippen LogP contribution in [0.2, 0.25) is 0 Å². The van der Waals surface area contributed by atoms with E-state index in [4.69, 9.17) is 5.73 Å². The molecular formula is C16H30N4O2. The van der Waals surface area contributed by atoms with Crippen LogP contribution >= 0.6 is 0 Å². The summed E-state index contributed by atoms with van der Waals surface area (Å²) in [6.07, 6.45) is 5.51. The summed E-state index contributed by atoms with van der Waals surface area (Å²) in [6.45, 7) is 5.00. The number of hydrogen-bond donors (Lipinski definition) is 3. The Morgan fingerprint density at radius 2 is 1.91 bits per heavy atom. The average molecular weight is 310 g/mol. The lowest BCUT2D eigenvalue weighted by atomic mass is 10.0. The molecule has 2 fully saturated rings. The van der Waals surface area contributed by atoms with Crippen molar-refractivity contribution in [3.05, 3.63) is 0 Å². The number of amides is 2. The highest BCUT2D eigenvalue weighted by Gasteiger charge is 2.30. The predicted molar refractivity (Wildman–Crippen MR) is 86.2 cm³/mol. The minimum absolute atomic E-state index is 0.101. The van der Waals surface area contributed by atoms with Gasteiger partial charge in [-0.2, -0.15) is 0 Å². The van der Waals surface area contributed by atoms with Crippen LogP contribution in [0.1, 0.15) is 45.4 Å². The molecule has 0 radical (unpaired) electrons. The summed E-state index contributed by atoms with van der Waals surface area (Å²) in [7, 11) is 0. The summed E-state index contributed by atoms with van der Waals surface area (Å²) in [5.41, 5.74) is 5.87. The molecule has 6 heteroatoms. The molecule has 0 aromatic heterocycles. The molecule has 2 rings (SSSR count). The highest BCUT2D eigenvalue weighted by Crippen LogP contribution is 2.24. The van der Waals surface area contributed by atoms with Gasteiger partial charge in [0, 0.05) is 37.6 Å². The van der Waals surface area contributed by atoms with Gasteiger partial charge in [0.2, 0.25) is 11.8 Å². The van der Waals surface area contributed by atoms with Crippen molar-refractivity contribution < 1.29 is 9.59 Å². The van der Waals surface area contributed by atoms with Gasteiger partial charge in [0.05, 0.1) is 6.54 Å². The zero-order valence-corrected chi connectivity index (χ0v) is 13.6. The van der Waals surface area contributed by atoms with Gasteiger partial charge in [-0.15, -0.1) is 0 Å². The smallest absolute Gasteiger partial charge is 0.234 e. The maximum atomic E-state index is 12.2. The zero-order valence-electron chi connectivity index (χ0n) is 13.6. The van der Waals surface area contributed by atoms with Gasteiger partial charge in [-0.3, -0.25) is 14.5 Å². The van der Waals surface area contributed by atoms with Crippen LogP contribution in [0.25, 0.3) is 0 Å². The van der Waals surface area contributed by atoms with Crippen molar-refractivity contribution in [2.24, 2.45) is 11.7 Å². The van der Waals surface area contributed by atoms with E-state index in [1.54, 1.807) is 0 Å². The highest BCUT2D eigenvalue weighted by molar-refractivity contribution is 5.79. The Kier molecular flexibility index (Phi) is 6.64. The van der Waals surface area contributed by atoms with Crippen LogP contribution in [0.15, 0.2) is 0 Å². The lowest BCUT2D eigenvalue weighted by molar-refractivity contribution is -0.126. The Balaban J connectivity index is 1.64. The third-order valence-electron chi connectivity index (χ3n) is 4.72. The van der Waals surface area contributed by atoms with Gasteiger partial charge in [-0.25, -0.2) is 0 Å². The fraction of sp³-hybridized carbons (Fsp3) is 0.875. The number of nitrogens with zero attached hydrogens (tertiary/aromatic N) is 1. The molecule has 2 atom stereocenters. The number of nitrogens with one attached hydrogen (secondary N) is 2. The Hall–Kier alpha value is -1.14. The first-order valence-electron chi connectivity index (χ1n) is 8.63. The van der Waals surface area contributed by atoms with Crippen LogP contribution in [-0.4, -0.2) is 55.0 Å². The number of hydrogen-bond acceptors (Lipinski definition) is 4. The van der Waals surface area contributed by atoms with Crippen LogP contribution < -0.4 is 16.4 Å². The molecule has 1 saturated carbocycles. The number of nitrogens with two attached hydrogens (primary N) is 1. The van der Waals surface area contributed by atoms with E-state index in [0.717, 1.165) is 58.2 Å². The van der Waals surface area contributed by atoms with E-state index in [9.17, 15) is 9.59 Å². The summed E-state index contributed by atoms with van der Waals surface area (Å²) in [4.78, 5) is 26.1. The van der Waals surface area contributed by atoms with Crippen LogP contribution in [0, 0.1) is 5.92 Å². The van der Waals surface area contributed by atoms with E-state index < -0.39 is 0 Å². The topological polar surface area (TPSA) is 87.5 Å². The number of likely N-dealkylation sites (tertiary alicyclic amines) is 1. The molecule has 2 unspecified atom stereocenters. The van der Waals surface area contributed by atoms with Gasteiger partial charge in [0.25, 0.3) is 0 Å². The van der Waals surface area contributed by atoms with E-state index >= 15 is 0 Å². The van der Waals surface area contributed by atoms with E-state index in [2.05, 4.69) is 15.5 Å². The second kappa shape index (κ2) is 8.48.